The fourth-order valence-corrected chi connectivity index (χ4v) is 3.68. The number of benzene rings is 2. The predicted octanol–water partition coefficient (Wildman–Crippen LogP) is 6.13. The molecule has 0 fully saturated rings. The zero-order valence-electron chi connectivity index (χ0n) is 17.4. The third kappa shape index (κ3) is 4.51. The van der Waals surface area contributed by atoms with E-state index in [0.717, 1.165) is 34.3 Å². The van der Waals surface area contributed by atoms with Crippen LogP contribution >= 0.6 is 0 Å². The Kier molecular flexibility index (Phi) is 5.73. The van der Waals surface area contributed by atoms with Crippen molar-refractivity contribution in [3.05, 3.63) is 77.0 Å². The molecule has 0 aliphatic rings. The molecular formula is C23H21F4N5. The van der Waals surface area contributed by atoms with Gasteiger partial charge in [-0.3, -0.25) is 0 Å². The van der Waals surface area contributed by atoms with Crippen molar-refractivity contribution in [1.82, 2.24) is 15.0 Å². The molecule has 32 heavy (non-hydrogen) atoms. The van der Waals surface area contributed by atoms with Gasteiger partial charge in [0, 0.05) is 29.4 Å². The van der Waals surface area contributed by atoms with E-state index in [9.17, 15) is 17.6 Å². The van der Waals surface area contributed by atoms with Gasteiger partial charge in [-0.2, -0.15) is 13.2 Å². The fraction of sp³-hybridized carbons (Fsp3) is 0.217. The van der Waals surface area contributed by atoms with Gasteiger partial charge in [0.05, 0.1) is 11.1 Å². The van der Waals surface area contributed by atoms with Crippen LogP contribution in [0.25, 0.3) is 10.9 Å². The number of halogens is 4. The van der Waals surface area contributed by atoms with Gasteiger partial charge in [0.1, 0.15) is 23.8 Å². The number of aromatic nitrogens is 3. The van der Waals surface area contributed by atoms with E-state index in [1.807, 2.05) is 13.8 Å². The van der Waals surface area contributed by atoms with E-state index >= 15 is 0 Å². The van der Waals surface area contributed by atoms with E-state index in [1.165, 1.54) is 24.5 Å². The van der Waals surface area contributed by atoms with Crippen molar-refractivity contribution in [3.63, 3.8) is 0 Å². The lowest BCUT2D eigenvalue weighted by Gasteiger charge is -2.10. The van der Waals surface area contributed by atoms with E-state index in [2.05, 4.69) is 25.6 Å². The molecule has 0 amide bonds. The molecule has 0 aliphatic heterocycles. The van der Waals surface area contributed by atoms with E-state index < -0.39 is 11.7 Å². The highest BCUT2D eigenvalue weighted by atomic mass is 19.4. The molecule has 0 saturated heterocycles. The number of aryl methyl sites for hydroxylation is 2. The first kappa shape index (κ1) is 21.6. The normalized spacial score (nSPS) is 11.7. The topological polar surface area (TPSA) is 65.6 Å². The minimum Gasteiger partial charge on any atom is -0.370 e. The first-order valence-electron chi connectivity index (χ1n) is 9.99. The molecule has 4 rings (SSSR count). The summed E-state index contributed by atoms with van der Waals surface area (Å²) in [6, 6.07) is 9.62. The van der Waals surface area contributed by atoms with Crippen molar-refractivity contribution in [2.75, 3.05) is 17.2 Å². The Hall–Kier alpha value is -3.62. The molecular weight excluding hydrogens is 422 g/mol. The lowest BCUT2D eigenvalue weighted by Crippen LogP contribution is -2.08. The SMILES string of the molecule is Cc1[nH]c2c(F)ccc(C)c2c1CCNc1cc(Nc2ccc(C(F)(F)F)cc2)ncn1. The maximum Gasteiger partial charge on any atom is 0.416 e. The molecule has 0 radical (unpaired) electrons. The van der Waals surface area contributed by atoms with Crippen molar-refractivity contribution < 1.29 is 17.6 Å². The van der Waals surface area contributed by atoms with Crippen LogP contribution in [0, 0.1) is 19.7 Å². The first-order valence-corrected chi connectivity index (χ1v) is 9.99. The maximum atomic E-state index is 14.1. The second-order valence-electron chi connectivity index (χ2n) is 7.51. The number of fused-ring (bicyclic) bond motifs is 1. The average Bonchev–Trinajstić information content (AvgIpc) is 3.08. The molecule has 0 bridgehead atoms. The second kappa shape index (κ2) is 8.49. The number of hydrogen-bond acceptors (Lipinski definition) is 4. The monoisotopic (exact) mass is 443 g/mol. The molecule has 4 aromatic rings. The summed E-state index contributed by atoms with van der Waals surface area (Å²) < 4.78 is 52.2. The molecule has 0 aliphatic carbocycles. The molecule has 2 heterocycles. The zero-order chi connectivity index (χ0) is 22.9. The van der Waals surface area contributed by atoms with Crippen LogP contribution in [-0.4, -0.2) is 21.5 Å². The predicted molar refractivity (Wildman–Crippen MR) is 117 cm³/mol. The van der Waals surface area contributed by atoms with Gasteiger partial charge in [-0.1, -0.05) is 6.07 Å². The first-order chi connectivity index (χ1) is 15.2. The number of anilines is 3. The van der Waals surface area contributed by atoms with Gasteiger partial charge in [-0.05, 0) is 61.7 Å². The van der Waals surface area contributed by atoms with Crippen molar-refractivity contribution in [2.45, 2.75) is 26.4 Å². The lowest BCUT2D eigenvalue weighted by atomic mass is 10.0. The number of rotatable bonds is 6. The second-order valence-corrected chi connectivity index (χ2v) is 7.51. The van der Waals surface area contributed by atoms with Crippen LogP contribution in [0.3, 0.4) is 0 Å². The van der Waals surface area contributed by atoms with Crippen LogP contribution < -0.4 is 10.6 Å². The summed E-state index contributed by atoms with van der Waals surface area (Å²) in [7, 11) is 0. The average molecular weight is 443 g/mol. The Morgan fingerprint density at radius 2 is 1.69 bits per heavy atom. The van der Waals surface area contributed by atoms with Crippen LogP contribution in [0.15, 0.2) is 48.8 Å². The Labute approximate surface area is 181 Å². The van der Waals surface area contributed by atoms with Crippen molar-refractivity contribution in [1.29, 1.82) is 0 Å². The van der Waals surface area contributed by atoms with E-state index in [-0.39, 0.29) is 5.82 Å². The van der Waals surface area contributed by atoms with Crippen LogP contribution in [0.4, 0.5) is 34.9 Å². The van der Waals surface area contributed by atoms with Gasteiger partial charge in [-0.15, -0.1) is 0 Å². The number of H-pyrrole nitrogens is 1. The third-order valence-electron chi connectivity index (χ3n) is 5.26. The van der Waals surface area contributed by atoms with Gasteiger partial charge in [-0.25, -0.2) is 14.4 Å². The fourth-order valence-electron chi connectivity index (χ4n) is 3.68. The van der Waals surface area contributed by atoms with Gasteiger partial charge >= 0.3 is 6.18 Å². The van der Waals surface area contributed by atoms with Crippen LogP contribution in [0.5, 0.6) is 0 Å². The molecule has 2 aromatic carbocycles. The van der Waals surface area contributed by atoms with Gasteiger partial charge in [0.25, 0.3) is 0 Å². The van der Waals surface area contributed by atoms with Gasteiger partial charge < -0.3 is 15.6 Å². The largest absolute Gasteiger partial charge is 0.416 e. The van der Waals surface area contributed by atoms with E-state index in [1.54, 1.807) is 12.1 Å². The number of aromatic amines is 1. The maximum absolute atomic E-state index is 14.1. The van der Waals surface area contributed by atoms with Crippen LogP contribution in [-0.2, 0) is 12.6 Å². The summed E-state index contributed by atoms with van der Waals surface area (Å²) in [4.78, 5) is 11.4. The van der Waals surface area contributed by atoms with Gasteiger partial charge in [0.15, 0.2) is 0 Å². The molecule has 0 unspecified atom stereocenters. The Balaban J connectivity index is 1.43. The zero-order valence-corrected chi connectivity index (χ0v) is 17.4. The van der Waals surface area contributed by atoms with E-state index in [0.29, 0.717) is 35.8 Å². The summed E-state index contributed by atoms with van der Waals surface area (Å²) >= 11 is 0. The van der Waals surface area contributed by atoms with Crippen LogP contribution in [0.2, 0.25) is 0 Å². The molecule has 0 atom stereocenters. The Morgan fingerprint density at radius 1 is 0.969 bits per heavy atom. The highest BCUT2D eigenvalue weighted by Gasteiger charge is 2.29. The quantitative estimate of drug-likeness (QED) is 0.314. The summed E-state index contributed by atoms with van der Waals surface area (Å²) in [5.74, 6) is 0.737. The standard InChI is InChI=1S/C23H21F4N5/c1-13-3-8-18(24)22-21(13)17(14(2)31-22)9-10-28-19-11-20(30-12-29-19)32-16-6-4-15(5-7-16)23(25,26)27/h3-8,11-12,31H,9-10H2,1-2H3,(H2,28,29,30,32). The molecule has 0 saturated carbocycles. The molecule has 166 valence electrons. The number of hydrogen-bond donors (Lipinski definition) is 3. The summed E-state index contributed by atoms with van der Waals surface area (Å²) in [5, 5.41) is 7.09. The molecule has 9 heteroatoms. The van der Waals surface area contributed by atoms with Crippen molar-refractivity contribution in [2.24, 2.45) is 0 Å². The summed E-state index contributed by atoms with van der Waals surface area (Å²) in [6.45, 7) is 4.43. The van der Waals surface area contributed by atoms with Crippen LogP contribution in [0.1, 0.15) is 22.4 Å². The summed E-state index contributed by atoms with van der Waals surface area (Å²) in [5.41, 5.74) is 3.25. The molecule has 0 spiro atoms. The summed E-state index contributed by atoms with van der Waals surface area (Å²) in [6.07, 6.45) is -2.36. The van der Waals surface area contributed by atoms with E-state index in [4.69, 9.17) is 0 Å². The minimum absolute atomic E-state index is 0.275. The molecule has 5 nitrogen and oxygen atoms in total. The Morgan fingerprint density at radius 3 is 2.41 bits per heavy atom. The van der Waals surface area contributed by atoms with Gasteiger partial charge in [0.2, 0.25) is 0 Å². The highest BCUT2D eigenvalue weighted by Crippen LogP contribution is 2.30. The smallest absolute Gasteiger partial charge is 0.370 e. The number of nitrogens with one attached hydrogen (secondary N) is 3. The number of alkyl halides is 3. The Bertz CT molecular complexity index is 1250. The van der Waals surface area contributed by atoms with Crippen molar-refractivity contribution in [3.8, 4) is 0 Å². The van der Waals surface area contributed by atoms with Crippen molar-refractivity contribution >= 4 is 28.2 Å². The minimum atomic E-state index is -4.38. The lowest BCUT2D eigenvalue weighted by molar-refractivity contribution is -0.137. The molecule has 3 N–H and O–H groups in total. The highest BCUT2D eigenvalue weighted by molar-refractivity contribution is 5.88. The number of nitrogens with zero attached hydrogens (tertiary/aromatic N) is 2. The molecule has 2 aromatic heterocycles. The third-order valence-corrected chi connectivity index (χ3v) is 5.26.